The van der Waals surface area contributed by atoms with Gasteiger partial charge < -0.3 is 9.64 Å². The van der Waals surface area contributed by atoms with E-state index in [2.05, 4.69) is 0 Å². The maximum atomic E-state index is 8.72. The molecule has 1 aromatic carbocycles. The molecule has 1 unspecified atom stereocenters. The number of likely N-dealkylation sites (tertiary alicyclic amines) is 1. The number of nitrogens with zero attached hydrogens (tertiary/aromatic N) is 1. The quantitative estimate of drug-likeness (QED) is 0.780. The summed E-state index contributed by atoms with van der Waals surface area (Å²) in [5, 5.41) is 0. The van der Waals surface area contributed by atoms with Crippen LogP contribution in [0.1, 0.15) is 51.5 Å². The summed E-state index contributed by atoms with van der Waals surface area (Å²) in [7, 11) is 1.45. The molecule has 1 aliphatic heterocycles. The van der Waals surface area contributed by atoms with Crippen molar-refractivity contribution in [3.8, 4) is 5.75 Å². The van der Waals surface area contributed by atoms with Crippen LogP contribution in [-0.4, -0.2) is 31.6 Å². The standard InChI is InChI=1S/C18H25NO/c1-19-10-9-18-8-4-3-5-15(18)17(19)11-13-6-7-14(20-2)12-16(13)18/h6-7,12,15,17H,3-5,8-11H2,1-2H3/t15?,17-,18-/m0/s1/i1D3,6D,7D,12D. The van der Waals surface area contributed by atoms with Crippen molar-refractivity contribution in [2.75, 3.05) is 20.6 Å². The minimum atomic E-state index is -2.14. The van der Waals surface area contributed by atoms with Crippen LogP contribution in [0.15, 0.2) is 18.1 Å². The van der Waals surface area contributed by atoms with Gasteiger partial charge in [0.25, 0.3) is 0 Å². The van der Waals surface area contributed by atoms with Crippen LogP contribution in [0.3, 0.4) is 0 Å². The molecule has 3 atom stereocenters. The Labute approximate surface area is 130 Å². The van der Waals surface area contributed by atoms with E-state index in [0.717, 1.165) is 31.2 Å². The van der Waals surface area contributed by atoms with E-state index < -0.39 is 6.98 Å². The van der Waals surface area contributed by atoms with Gasteiger partial charge in [-0.3, -0.25) is 0 Å². The third kappa shape index (κ3) is 1.60. The number of fused-ring (bicyclic) bond motifs is 1. The molecule has 0 amide bonds. The van der Waals surface area contributed by atoms with Crippen LogP contribution >= 0.6 is 0 Å². The molecule has 1 saturated carbocycles. The Morgan fingerprint density at radius 3 is 3.20 bits per heavy atom. The highest BCUT2D eigenvalue weighted by Gasteiger charge is 2.53. The molecule has 4 rings (SSSR count). The summed E-state index contributed by atoms with van der Waals surface area (Å²) < 4.78 is 54.7. The van der Waals surface area contributed by atoms with Crippen molar-refractivity contribution in [3.05, 3.63) is 29.3 Å². The van der Waals surface area contributed by atoms with Crippen molar-refractivity contribution < 1.29 is 13.0 Å². The van der Waals surface area contributed by atoms with E-state index in [0.29, 0.717) is 24.9 Å². The lowest BCUT2D eigenvalue weighted by atomic mass is 9.52. The molecule has 3 aliphatic rings. The van der Waals surface area contributed by atoms with E-state index in [1.54, 1.807) is 4.90 Å². The van der Waals surface area contributed by atoms with Crippen LogP contribution < -0.4 is 4.74 Å². The van der Waals surface area contributed by atoms with Gasteiger partial charge in [-0.2, -0.15) is 0 Å². The highest BCUT2D eigenvalue weighted by atomic mass is 16.5. The first kappa shape index (κ1) is 7.84. The van der Waals surface area contributed by atoms with E-state index in [1.807, 2.05) is 0 Å². The maximum Gasteiger partial charge on any atom is 0.119 e. The summed E-state index contributed by atoms with van der Waals surface area (Å²) in [4.78, 5) is 1.64. The summed E-state index contributed by atoms with van der Waals surface area (Å²) in [5.74, 6) is 0.381. The van der Waals surface area contributed by atoms with Crippen LogP contribution in [0.25, 0.3) is 0 Å². The zero-order valence-corrected chi connectivity index (χ0v) is 12.0. The van der Waals surface area contributed by atoms with Crippen LogP contribution in [0.4, 0.5) is 0 Å². The number of benzene rings is 1. The minimum Gasteiger partial charge on any atom is -0.497 e. The molecule has 108 valence electrons. The molecule has 2 fully saturated rings. The largest absolute Gasteiger partial charge is 0.497 e. The first-order valence-electron chi connectivity index (χ1n) is 10.7. The molecule has 1 heterocycles. The lowest BCUT2D eigenvalue weighted by molar-refractivity contribution is 0.00274. The molecular weight excluding hydrogens is 246 g/mol. The molecule has 0 N–H and O–H groups in total. The minimum absolute atomic E-state index is 0.0552. The van der Waals surface area contributed by atoms with Gasteiger partial charge in [0, 0.05) is 15.6 Å². The van der Waals surface area contributed by atoms with E-state index >= 15 is 0 Å². The average Bonchev–Trinajstić information content (AvgIpc) is 2.58. The zero-order valence-electron chi connectivity index (χ0n) is 18.0. The number of methoxy groups -OCH3 is 1. The number of likely N-dealkylation sites (N-methyl/N-ethyl adjacent to an activating group) is 1. The lowest BCUT2D eigenvalue weighted by Gasteiger charge is -2.58. The van der Waals surface area contributed by atoms with Crippen LogP contribution in [0.2, 0.25) is 0 Å². The first-order chi connectivity index (χ1) is 12.2. The van der Waals surface area contributed by atoms with E-state index in [9.17, 15) is 0 Å². The van der Waals surface area contributed by atoms with Gasteiger partial charge in [0.1, 0.15) is 5.75 Å². The summed E-state index contributed by atoms with van der Waals surface area (Å²) in [6.07, 6.45) is 5.19. The molecule has 2 aliphatic carbocycles. The number of hydrogen-bond acceptors (Lipinski definition) is 2. The molecule has 2 nitrogen and oxygen atoms in total. The van der Waals surface area contributed by atoms with Gasteiger partial charge in [-0.15, -0.1) is 0 Å². The lowest BCUT2D eigenvalue weighted by Crippen LogP contribution is -2.59. The van der Waals surface area contributed by atoms with Gasteiger partial charge in [-0.25, -0.2) is 0 Å². The van der Waals surface area contributed by atoms with E-state index in [-0.39, 0.29) is 41.3 Å². The number of rotatable bonds is 1. The molecule has 20 heavy (non-hydrogen) atoms. The molecule has 0 aromatic heterocycles. The number of hydrogen-bond donors (Lipinski definition) is 0. The normalized spacial score (nSPS) is 41.0. The SMILES string of the molecule is [2H]c1c([2H])c(OC)c([2H])c2c1C[C@H]1C3CCCC[C@@]23CCN1C([2H])([2H])[2H]. The molecule has 0 spiro atoms. The fraction of sp³-hybridized carbons (Fsp3) is 0.667. The molecular formula is C18H25NO. The first-order valence-corrected chi connectivity index (χ1v) is 7.66. The Kier molecular flexibility index (Phi) is 1.76. The average molecular weight is 277 g/mol. The molecule has 1 aromatic rings. The Morgan fingerprint density at radius 2 is 2.35 bits per heavy atom. The third-order valence-electron chi connectivity index (χ3n) is 5.74. The van der Waals surface area contributed by atoms with E-state index in [4.69, 9.17) is 13.0 Å². The Morgan fingerprint density at radius 1 is 1.40 bits per heavy atom. The van der Waals surface area contributed by atoms with Crippen LogP contribution in [0.5, 0.6) is 5.75 Å². The molecule has 0 radical (unpaired) electrons. The fourth-order valence-corrected chi connectivity index (χ4v) is 4.83. The van der Waals surface area contributed by atoms with Gasteiger partial charge in [-0.05, 0) is 68.3 Å². The number of ether oxygens (including phenoxy) is 1. The number of piperidine rings is 1. The Hall–Kier alpha value is -1.02. The van der Waals surface area contributed by atoms with Crippen molar-refractivity contribution in [1.29, 1.82) is 0 Å². The molecule has 1 saturated heterocycles. The summed E-state index contributed by atoms with van der Waals surface area (Å²) in [6.45, 7) is -1.65. The third-order valence-corrected chi connectivity index (χ3v) is 5.74. The van der Waals surface area contributed by atoms with Crippen LogP contribution in [-0.2, 0) is 11.8 Å². The van der Waals surface area contributed by atoms with Crippen molar-refractivity contribution in [2.45, 2.75) is 50.0 Å². The fourth-order valence-electron chi connectivity index (χ4n) is 4.83. The highest BCUT2D eigenvalue weighted by Crippen LogP contribution is 2.55. The topological polar surface area (TPSA) is 12.5 Å². The second-order valence-corrected chi connectivity index (χ2v) is 6.49. The predicted octanol–water partition coefficient (Wildman–Crippen LogP) is 3.38. The Bertz CT molecular complexity index is 748. The van der Waals surface area contributed by atoms with Crippen molar-refractivity contribution in [3.63, 3.8) is 0 Å². The second kappa shape index (κ2) is 4.49. The van der Waals surface area contributed by atoms with Gasteiger partial charge in [0.05, 0.1) is 11.2 Å². The van der Waals surface area contributed by atoms with Gasteiger partial charge in [0.2, 0.25) is 0 Å². The van der Waals surface area contributed by atoms with Crippen molar-refractivity contribution in [2.24, 2.45) is 5.92 Å². The summed E-state index contributed by atoms with van der Waals surface area (Å²) in [6, 6.07) is 0.158. The van der Waals surface area contributed by atoms with Gasteiger partial charge >= 0.3 is 0 Å². The summed E-state index contributed by atoms with van der Waals surface area (Å²) >= 11 is 0. The Balaban J connectivity index is 1.96. The summed E-state index contributed by atoms with van der Waals surface area (Å²) in [5.41, 5.74) is 1.34. The van der Waals surface area contributed by atoms with Crippen LogP contribution in [0, 0.1) is 5.92 Å². The van der Waals surface area contributed by atoms with Crippen molar-refractivity contribution >= 4 is 0 Å². The molecule has 2 bridgehead atoms. The van der Waals surface area contributed by atoms with Crippen molar-refractivity contribution in [1.82, 2.24) is 4.90 Å². The zero-order chi connectivity index (χ0) is 18.9. The maximum absolute atomic E-state index is 8.72. The van der Waals surface area contributed by atoms with Gasteiger partial charge in [0.15, 0.2) is 0 Å². The monoisotopic (exact) mass is 277 g/mol. The van der Waals surface area contributed by atoms with E-state index in [1.165, 1.54) is 7.11 Å². The molecule has 2 heteroatoms. The second-order valence-electron chi connectivity index (χ2n) is 6.49. The van der Waals surface area contributed by atoms with Gasteiger partial charge in [-0.1, -0.05) is 18.9 Å². The smallest absolute Gasteiger partial charge is 0.119 e. The highest BCUT2D eigenvalue weighted by molar-refractivity contribution is 5.45. The predicted molar refractivity (Wildman–Crippen MR) is 81.4 cm³/mol.